The third-order valence-corrected chi connectivity index (χ3v) is 6.71. The molecule has 2 fully saturated rings. The molecular formula is C15H31N3O2S. The molecule has 0 unspecified atom stereocenters. The topological polar surface area (TPSA) is 43.9 Å². The number of likely N-dealkylation sites (tertiary alicyclic amines) is 1. The summed E-state index contributed by atoms with van der Waals surface area (Å²) in [4.78, 5) is 2.52. The molecule has 0 aromatic heterocycles. The van der Waals surface area contributed by atoms with E-state index in [1.54, 1.807) is 11.4 Å². The molecule has 0 saturated carbocycles. The summed E-state index contributed by atoms with van der Waals surface area (Å²) in [6.45, 7) is 7.58. The zero-order valence-electron chi connectivity index (χ0n) is 13.6. The molecule has 2 saturated heterocycles. The van der Waals surface area contributed by atoms with Crippen LogP contribution in [0.15, 0.2) is 0 Å². The fraction of sp³-hybridized carbons (Fsp3) is 1.00. The molecule has 0 radical (unpaired) electrons. The van der Waals surface area contributed by atoms with E-state index in [1.165, 1.54) is 36.7 Å². The summed E-state index contributed by atoms with van der Waals surface area (Å²) >= 11 is 0. The van der Waals surface area contributed by atoms with Gasteiger partial charge in [0.25, 0.3) is 10.2 Å². The Morgan fingerprint density at radius 1 is 1.14 bits per heavy atom. The predicted octanol–water partition coefficient (Wildman–Crippen LogP) is 1.77. The highest BCUT2D eigenvalue weighted by Gasteiger charge is 2.34. The van der Waals surface area contributed by atoms with E-state index < -0.39 is 10.2 Å². The van der Waals surface area contributed by atoms with Gasteiger partial charge in [-0.1, -0.05) is 19.8 Å². The third-order valence-electron chi connectivity index (χ3n) is 4.76. The van der Waals surface area contributed by atoms with Crippen LogP contribution in [0.3, 0.4) is 0 Å². The fourth-order valence-electron chi connectivity index (χ4n) is 3.36. The van der Waals surface area contributed by atoms with Crippen molar-refractivity contribution in [2.45, 2.75) is 45.4 Å². The molecule has 124 valence electrons. The minimum atomic E-state index is -3.24. The van der Waals surface area contributed by atoms with Crippen molar-refractivity contribution in [2.24, 2.45) is 5.92 Å². The Bertz CT molecular complexity index is 407. The van der Waals surface area contributed by atoms with Gasteiger partial charge < -0.3 is 4.90 Å². The molecule has 1 atom stereocenters. The maximum Gasteiger partial charge on any atom is 0.281 e. The van der Waals surface area contributed by atoms with E-state index in [9.17, 15) is 8.42 Å². The van der Waals surface area contributed by atoms with Crippen LogP contribution >= 0.6 is 0 Å². The first-order valence-corrected chi connectivity index (χ1v) is 9.87. The van der Waals surface area contributed by atoms with Crippen LogP contribution in [-0.2, 0) is 10.2 Å². The Morgan fingerprint density at radius 2 is 1.86 bits per heavy atom. The van der Waals surface area contributed by atoms with Gasteiger partial charge in [-0.05, 0) is 44.7 Å². The van der Waals surface area contributed by atoms with E-state index in [-0.39, 0.29) is 0 Å². The molecule has 6 heteroatoms. The Morgan fingerprint density at radius 3 is 2.52 bits per heavy atom. The highest BCUT2D eigenvalue weighted by Crippen LogP contribution is 2.23. The highest BCUT2D eigenvalue weighted by atomic mass is 32.2. The van der Waals surface area contributed by atoms with Crippen LogP contribution in [0.1, 0.15) is 45.4 Å². The van der Waals surface area contributed by atoms with Gasteiger partial charge >= 0.3 is 0 Å². The molecule has 2 aliphatic heterocycles. The first-order valence-electron chi connectivity index (χ1n) is 8.47. The summed E-state index contributed by atoms with van der Waals surface area (Å²) < 4.78 is 28.2. The molecule has 2 aliphatic rings. The van der Waals surface area contributed by atoms with Crippen molar-refractivity contribution in [3.8, 4) is 0 Å². The Labute approximate surface area is 130 Å². The van der Waals surface area contributed by atoms with Crippen molar-refractivity contribution in [3.05, 3.63) is 0 Å². The molecule has 2 heterocycles. The van der Waals surface area contributed by atoms with Crippen molar-refractivity contribution in [3.63, 3.8) is 0 Å². The minimum absolute atomic E-state index is 0.512. The smallest absolute Gasteiger partial charge is 0.281 e. The second kappa shape index (κ2) is 7.90. The Kier molecular flexibility index (Phi) is 6.47. The first-order chi connectivity index (χ1) is 10.0. The van der Waals surface area contributed by atoms with Crippen LogP contribution in [0.25, 0.3) is 0 Å². The predicted molar refractivity (Wildman–Crippen MR) is 86.4 cm³/mol. The van der Waals surface area contributed by atoms with Gasteiger partial charge in [-0.25, -0.2) is 0 Å². The summed E-state index contributed by atoms with van der Waals surface area (Å²) in [6.07, 6.45) is 6.92. The number of hydrogen-bond donors (Lipinski definition) is 0. The van der Waals surface area contributed by atoms with Gasteiger partial charge in [-0.3, -0.25) is 0 Å². The summed E-state index contributed by atoms with van der Waals surface area (Å²) in [7, 11) is -1.53. The number of nitrogens with zero attached hydrogens (tertiary/aromatic N) is 3. The molecule has 0 aromatic rings. The molecule has 0 aromatic carbocycles. The molecule has 0 N–H and O–H groups in total. The van der Waals surface area contributed by atoms with Crippen LogP contribution in [-0.4, -0.2) is 68.2 Å². The summed E-state index contributed by atoms with van der Waals surface area (Å²) in [5, 5.41) is 0. The monoisotopic (exact) mass is 317 g/mol. The van der Waals surface area contributed by atoms with Gasteiger partial charge in [-0.15, -0.1) is 0 Å². The normalized spacial score (nSPS) is 25.8. The van der Waals surface area contributed by atoms with Crippen molar-refractivity contribution in [1.82, 2.24) is 13.5 Å². The molecule has 0 aliphatic carbocycles. The molecule has 0 bridgehead atoms. The van der Waals surface area contributed by atoms with E-state index in [2.05, 4.69) is 11.8 Å². The van der Waals surface area contributed by atoms with Gasteiger partial charge in [0.1, 0.15) is 0 Å². The van der Waals surface area contributed by atoms with Crippen LogP contribution in [0.5, 0.6) is 0 Å². The van der Waals surface area contributed by atoms with Crippen molar-refractivity contribution < 1.29 is 8.42 Å². The zero-order valence-corrected chi connectivity index (χ0v) is 14.4. The summed E-state index contributed by atoms with van der Waals surface area (Å²) in [6, 6.07) is 0. The van der Waals surface area contributed by atoms with Gasteiger partial charge in [0.15, 0.2) is 0 Å². The zero-order chi connectivity index (χ0) is 15.3. The van der Waals surface area contributed by atoms with E-state index in [1.807, 2.05) is 0 Å². The van der Waals surface area contributed by atoms with Crippen LogP contribution in [0.4, 0.5) is 0 Å². The van der Waals surface area contributed by atoms with E-state index in [4.69, 9.17) is 0 Å². The van der Waals surface area contributed by atoms with E-state index >= 15 is 0 Å². The Balaban J connectivity index is 1.83. The number of unbranched alkanes of at least 4 members (excludes halogenated alkanes) is 1. The largest absolute Gasteiger partial charge is 0.303 e. The van der Waals surface area contributed by atoms with Gasteiger partial charge in [0.2, 0.25) is 0 Å². The average molecular weight is 317 g/mol. The minimum Gasteiger partial charge on any atom is -0.303 e. The fourth-order valence-corrected chi connectivity index (χ4v) is 4.85. The van der Waals surface area contributed by atoms with E-state index in [0.29, 0.717) is 25.6 Å². The molecular weight excluding hydrogens is 286 g/mol. The maximum absolute atomic E-state index is 12.5. The SMILES string of the molecule is CCCCN(C)S(=O)(=O)N1CC[C@@H](CN2CCCCC2)C1. The summed E-state index contributed by atoms with van der Waals surface area (Å²) in [5.41, 5.74) is 0. The van der Waals surface area contributed by atoms with E-state index in [0.717, 1.165) is 25.8 Å². The number of piperidine rings is 1. The van der Waals surface area contributed by atoms with Gasteiger partial charge in [0.05, 0.1) is 0 Å². The average Bonchev–Trinajstić information content (AvgIpc) is 2.95. The lowest BCUT2D eigenvalue weighted by molar-refractivity contribution is 0.198. The lowest BCUT2D eigenvalue weighted by Crippen LogP contribution is -2.42. The summed E-state index contributed by atoms with van der Waals surface area (Å²) in [5.74, 6) is 0.512. The molecule has 5 nitrogen and oxygen atoms in total. The van der Waals surface area contributed by atoms with Crippen LogP contribution < -0.4 is 0 Å². The highest BCUT2D eigenvalue weighted by molar-refractivity contribution is 7.86. The second-order valence-corrected chi connectivity index (χ2v) is 8.59. The lowest BCUT2D eigenvalue weighted by Gasteiger charge is -2.29. The molecule has 0 spiro atoms. The lowest BCUT2D eigenvalue weighted by atomic mass is 10.1. The molecule has 21 heavy (non-hydrogen) atoms. The van der Waals surface area contributed by atoms with Gasteiger partial charge in [-0.2, -0.15) is 17.0 Å². The molecule has 0 amide bonds. The second-order valence-electron chi connectivity index (χ2n) is 6.56. The molecule has 2 rings (SSSR count). The maximum atomic E-state index is 12.5. The van der Waals surface area contributed by atoms with Crippen molar-refractivity contribution in [2.75, 3.05) is 46.3 Å². The van der Waals surface area contributed by atoms with Gasteiger partial charge in [0, 0.05) is 33.2 Å². The van der Waals surface area contributed by atoms with Crippen molar-refractivity contribution in [1.29, 1.82) is 0 Å². The third kappa shape index (κ3) is 4.65. The number of rotatable bonds is 7. The Hall–Kier alpha value is -0.170. The van der Waals surface area contributed by atoms with Crippen LogP contribution in [0, 0.1) is 5.92 Å². The number of hydrogen-bond acceptors (Lipinski definition) is 3. The first kappa shape index (κ1) is 17.2. The van der Waals surface area contributed by atoms with Crippen LogP contribution in [0.2, 0.25) is 0 Å². The quantitative estimate of drug-likeness (QED) is 0.719. The standard InChI is InChI=1S/C15H31N3O2S/c1-3-4-9-16(2)21(19,20)18-12-8-15(14-18)13-17-10-6-5-7-11-17/h15H,3-14H2,1-2H3/t15-/m0/s1. The van der Waals surface area contributed by atoms with Crippen molar-refractivity contribution >= 4 is 10.2 Å².